The Balaban J connectivity index is 2.77. The van der Waals surface area contributed by atoms with Crippen LogP contribution in [-0.2, 0) is 4.79 Å². The van der Waals surface area contributed by atoms with Crippen LogP contribution in [0.2, 0.25) is 0 Å². The molecule has 0 bridgehead atoms. The van der Waals surface area contributed by atoms with Gasteiger partial charge < -0.3 is 20.5 Å². The summed E-state index contributed by atoms with van der Waals surface area (Å²) in [6, 6.07) is 3.64. The number of urea groups is 2. The molecular formula is C12H15N3O4. The highest BCUT2D eigenvalue weighted by Gasteiger charge is 2.19. The average Bonchev–Trinajstić information content (AvgIpc) is 2.43. The Kier molecular flexibility index (Phi) is 4.87. The van der Waals surface area contributed by atoms with E-state index in [9.17, 15) is 14.4 Å². The maximum atomic E-state index is 11.7. The third kappa shape index (κ3) is 3.70. The van der Waals surface area contributed by atoms with E-state index in [1.54, 1.807) is 0 Å². The first-order chi connectivity index (χ1) is 8.99. The molecule has 1 rings (SSSR count). The van der Waals surface area contributed by atoms with E-state index in [0.717, 1.165) is 4.90 Å². The largest absolute Gasteiger partial charge is 0.508 e. The van der Waals surface area contributed by atoms with Gasteiger partial charge in [-0.2, -0.15) is 0 Å². The van der Waals surface area contributed by atoms with E-state index in [-0.39, 0.29) is 5.75 Å². The zero-order valence-electron chi connectivity index (χ0n) is 10.6. The van der Waals surface area contributed by atoms with Gasteiger partial charge >= 0.3 is 12.1 Å². The lowest BCUT2D eigenvalue weighted by atomic mass is 10.1. The second kappa shape index (κ2) is 6.39. The minimum Gasteiger partial charge on any atom is -0.508 e. The van der Waals surface area contributed by atoms with Crippen molar-refractivity contribution in [1.82, 2.24) is 15.5 Å². The predicted molar refractivity (Wildman–Crippen MR) is 67.7 cm³/mol. The lowest BCUT2D eigenvalue weighted by Gasteiger charge is -2.19. The molecule has 1 atom stereocenters. The van der Waals surface area contributed by atoms with Crippen molar-refractivity contribution >= 4 is 18.3 Å². The Morgan fingerprint density at radius 2 is 1.84 bits per heavy atom. The molecule has 3 N–H and O–H groups in total. The number of aromatic hydroxyl groups is 1. The SMILES string of the molecule is CNC(=O)N(C)C(=O)NC(C=O)c1ccc(O)cc1. The second-order valence-corrected chi connectivity index (χ2v) is 3.77. The van der Waals surface area contributed by atoms with Gasteiger partial charge in [-0.25, -0.2) is 14.5 Å². The number of benzene rings is 1. The van der Waals surface area contributed by atoms with Crippen molar-refractivity contribution in [2.75, 3.05) is 14.1 Å². The molecule has 0 aliphatic heterocycles. The summed E-state index contributed by atoms with van der Waals surface area (Å²) in [6.07, 6.45) is 0.544. The van der Waals surface area contributed by atoms with Gasteiger partial charge in [0, 0.05) is 14.1 Å². The summed E-state index contributed by atoms with van der Waals surface area (Å²) < 4.78 is 0. The number of aldehydes is 1. The molecule has 0 radical (unpaired) electrons. The van der Waals surface area contributed by atoms with Gasteiger partial charge in [-0.15, -0.1) is 0 Å². The fourth-order valence-electron chi connectivity index (χ4n) is 1.37. The average molecular weight is 265 g/mol. The van der Waals surface area contributed by atoms with Crippen molar-refractivity contribution < 1.29 is 19.5 Å². The Morgan fingerprint density at radius 3 is 2.32 bits per heavy atom. The number of phenols is 1. The van der Waals surface area contributed by atoms with Crippen LogP contribution in [0.15, 0.2) is 24.3 Å². The first kappa shape index (κ1) is 14.5. The molecule has 0 spiro atoms. The maximum absolute atomic E-state index is 11.7. The Morgan fingerprint density at radius 1 is 1.26 bits per heavy atom. The van der Waals surface area contributed by atoms with E-state index < -0.39 is 18.1 Å². The van der Waals surface area contributed by atoms with E-state index in [0.29, 0.717) is 11.8 Å². The molecular weight excluding hydrogens is 250 g/mol. The summed E-state index contributed by atoms with van der Waals surface area (Å²) in [5, 5.41) is 13.8. The van der Waals surface area contributed by atoms with Crippen molar-refractivity contribution in [1.29, 1.82) is 0 Å². The van der Waals surface area contributed by atoms with Gasteiger partial charge in [0.25, 0.3) is 0 Å². The molecule has 19 heavy (non-hydrogen) atoms. The van der Waals surface area contributed by atoms with Crippen LogP contribution in [0.25, 0.3) is 0 Å². The zero-order chi connectivity index (χ0) is 14.4. The number of hydrogen-bond donors (Lipinski definition) is 3. The van der Waals surface area contributed by atoms with Crippen LogP contribution in [0.1, 0.15) is 11.6 Å². The first-order valence-corrected chi connectivity index (χ1v) is 5.49. The van der Waals surface area contributed by atoms with Crippen molar-refractivity contribution in [3.63, 3.8) is 0 Å². The molecule has 1 aromatic carbocycles. The van der Waals surface area contributed by atoms with Crippen LogP contribution in [0.4, 0.5) is 9.59 Å². The summed E-state index contributed by atoms with van der Waals surface area (Å²) in [7, 11) is 2.68. The van der Waals surface area contributed by atoms with Crippen LogP contribution < -0.4 is 10.6 Å². The molecule has 102 valence electrons. The maximum Gasteiger partial charge on any atom is 0.326 e. The van der Waals surface area contributed by atoms with Crippen LogP contribution in [0.3, 0.4) is 0 Å². The Labute approximate surface area is 110 Å². The molecule has 0 heterocycles. The van der Waals surface area contributed by atoms with Gasteiger partial charge in [0.1, 0.15) is 18.1 Å². The number of amides is 4. The molecule has 7 nitrogen and oxygen atoms in total. The predicted octanol–water partition coefficient (Wildman–Crippen LogP) is 0.613. The Bertz CT molecular complexity index is 472. The minimum absolute atomic E-state index is 0.0576. The highest BCUT2D eigenvalue weighted by Crippen LogP contribution is 2.15. The summed E-state index contributed by atoms with van der Waals surface area (Å²) in [6.45, 7) is 0. The van der Waals surface area contributed by atoms with E-state index in [2.05, 4.69) is 10.6 Å². The summed E-state index contributed by atoms with van der Waals surface area (Å²) in [4.78, 5) is 34.7. The van der Waals surface area contributed by atoms with Gasteiger partial charge in [-0.1, -0.05) is 12.1 Å². The number of nitrogens with one attached hydrogen (secondary N) is 2. The minimum atomic E-state index is -0.889. The smallest absolute Gasteiger partial charge is 0.326 e. The van der Waals surface area contributed by atoms with Crippen LogP contribution in [0.5, 0.6) is 5.75 Å². The Hall–Kier alpha value is -2.57. The molecule has 0 saturated heterocycles. The van der Waals surface area contributed by atoms with Crippen molar-refractivity contribution in [2.24, 2.45) is 0 Å². The first-order valence-electron chi connectivity index (χ1n) is 5.49. The van der Waals surface area contributed by atoms with Gasteiger partial charge in [0.15, 0.2) is 0 Å². The highest BCUT2D eigenvalue weighted by molar-refractivity contribution is 5.94. The van der Waals surface area contributed by atoms with Crippen LogP contribution in [0, 0.1) is 0 Å². The molecule has 1 aromatic rings. The molecule has 0 fully saturated rings. The van der Waals surface area contributed by atoms with E-state index in [1.807, 2.05) is 0 Å². The molecule has 0 aliphatic carbocycles. The second-order valence-electron chi connectivity index (χ2n) is 3.77. The third-order valence-electron chi connectivity index (χ3n) is 2.49. The normalized spacial score (nSPS) is 11.3. The lowest BCUT2D eigenvalue weighted by Crippen LogP contribution is -2.46. The number of phenolic OH excluding ortho intramolecular Hbond substituents is 1. The number of carbonyl (C=O) groups is 3. The van der Waals surface area contributed by atoms with Gasteiger partial charge in [-0.3, -0.25) is 0 Å². The van der Waals surface area contributed by atoms with Crippen molar-refractivity contribution in [3.05, 3.63) is 29.8 Å². The van der Waals surface area contributed by atoms with Crippen LogP contribution in [-0.4, -0.2) is 42.5 Å². The van der Waals surface area contributed by atoms with Gasteiger partial charge in [-0.05, 0) is 17.7 Å². The van der Waals surface area contributed by atoms with Crippen molar-refractivity contribution in [3.8, 4) is 5.75 Å². The molecule has 7 heteroatoms. The van der Waals surface area contributed by atoms with Crippen LogP contribution >= 0.6 is 0 Å². The quantitative estimate of drug-likeness (QED) is 0.697. The van der Waals surface area contributed by atoms with E-state index in [1.165, 1.54) is 38.4 Å². The highest BCUT2D eigenvalue weighted by atomic mass is 16.3. The fourth-order valence-corrected chi connectivity index (χ4v) is 1.37. The van der Waals surface area contributed by atoms with E-state index in [4.69, 9.17) is 5.11 Å². The topological polar surface area (TPSA) is 98.7 Å². The summed E-state index contributed by atoms with van der Waals surface area (Å²) in [5.41, 5.74) is 0.506. The summed E-state index contributed by atoms with van der Waals surface area (Å²) >= 11 is 0. The zero-order valence-corrected chi connectivity index (χ0v) is 10.6. The monoisotopic (exact) mass is 265 g/mol. The lowest BCUT2D eigenvalue weighted by molar-refractivity contribution is -0.109. The number of carbonyl (C=O) groups excluding carboxylic acids is 3. The number of imide groups is 1. The fraction of sp³-hybridized carbons (Fsp3) is 0.250. The molecule has 0 aliphatic rings. The van der Waals surface area contributed by atoms with Gasteiger partial charge in [0.2, 0.25) is 0 Å². The number of hydrogen-bond acceptors (Lipinski definition) is 4. The van der Waals surface area contributed by atoms with Gasteiger partial charge in [0.05, 0.1) is 0 Å². The standard InChI is InChI=1S/C12H15N3O4/c1-13-11(18)15(2)12(19)14-10(7-16)8-3-5-9(17)6-4-8/h3-7,10,17H,1-2H3,(H,13,18)(H,14,19). The number of nitrogens with zero attached hydrogens (tertiary/aromatic N) is 1. The molecule has 0 aromatic heterocycles. The molecule has 1 unspecified atom stereocenters. The van der Waals surface area contributed by atoms with E-state index >= 15 is 0 Å². The molecule has 0 saturated carbocycles. The third-order valence-corrected chi connectivity index (χ3v) is 2.49. The number of rotatable bonds is 3. The molecule has 4 amide bonds. The summed E-state index contributed by atoms with van der Waals surface area (Å²) in [5.74, 6) is 0.0576. The van der Waals surface area contributed by atoms with Crippen molar-refractivity contribution in [2.45, 2.75) is 6.04 Å².